The summed E-state index contributed by atoms with van der Waals surface area (Å²) in [6.07, 6.45) is 0. The highest BCUT2D eigenvalue weighted by Crippen LogP contribution is 2.31. The second kappa shape index (κ2) is 4.09. The molecule has 1 saturated heterocycles. The number of hydrogen-bond donors (Lipinski definition) is 1. The van der Waals surface area contributed by atoms with Gasteiger partial charge >= 0.3 is 0 Å². The Kier molecular flexibility index (Phi) is 2.97. The first kappa shape index (κ1) is 10.9. The van der Waals surface area contributed by atoms with Crippen molar-refractivity contribution in [2.24, 2.45) is 0 Å². The first-order valence-electron chi connectivity index (χ1n) is 4.34. The topological polar surface area (TPSA) is 46.2 Å². The Morgan fingerprint density at radius 3 is 2.40 bits per heavy atom. The molecule has 3 nitrogen and oxygen atoms in total. The molecular weight excluding hydrogens is 328 g/mol. The third kappa shape index (κ3) is 1.88. The largest absolute Gasteiger partial charge is 0.295 e. The minimum atomic E-state index is -0.798. The number of alkyl halides is 1. The van der Waals surface area contributed by atoms with Crippen molar-refractivity contribution in [2.45, 2.75) is 11.3 Å². The predicted molar refractivity (Wildman–Crippen MR) is 64.7 cm³/mol. The van der Waals surface area contributed by atoms with Gasteiger partial charge in [-0.25, -0.2) is 0 Å². The van der Waals surface area contributed by atoms with E-state index in [0.29, 0.717) is 0 Å². The molecule has 1 aromatic rings. The monoisotopic (exact) mass is 335 g/mol. The third-order valence-corrected chi connectivity index (χ3v) is 3.74. The van der Waals surface area contributed by atoms with Crippen LogP contribution in [0.4, 0.5) is 0 Å². The lowest BCUT2D eigenvalue weighted by Gasteiger charge is -2.11. The van der Waals surface area contributed by atoms with Gasteiger partial charge in [-0.05, 0) is 34.2 Å². The Hall–Kier alpha value is -0.620. The van der Waals surface area contributed by atoms with E-state index < -0.39 is 17.2 Å². The summed E-state index contributed by atoms with van der Waals surface area (Å²) >= 11 is 8.02. The van der Waals surface area contributed by atoms with Crippen molar-refractivity contribution in [1.29, 1.82) is 0 Å². The fraction of sp³-hybridized carbons (Fsp3) is 0.200. The molecule has 2 atom stereocenters. The van der Waals surface area contributed by atoms with Gasteiger partial charge in [-0.2, -0.15) is 0 Å². The Bertz CT molecular complexity index is 435. The molecule has 1 aromatic carbocycles. The number of nitrogens with one attached hydrogen (secondary N) is 1. The van der Waals surface area contributed by atoms with Gasteiger partial charge in [0.1, 0.15) is 5.38 Å². The molecule has 0 radical (unpaired) electrons. The summed E-state index contributed by atoms with van der Waals surface area (Å²) in [7, 11) is 0. The van der Waals surface area contributed by atoms with Crippen LogP contribution in [0.3, 0.4) is 0 Å². The van der Waals surface area contributed by atoms with Crippen molar-refractivity contribution in [3.8, 4) is 0 Å². The molecule has 1 N–H and O–H groups in total. The molecule has 1 aliphatic rings. The summed E-state index contributed by atoms with van der Waals surface area (Å²) in [6, 6.07) is 7.41. The van der Waals surface area contributed by atoms with Crippen LogP contribution in [0.25, 0.3) is 0 Å². The van der Waals surface area contributed by atoms with E-state index in [9.17, 15) is 9.59 Å². The van der Waals surface area contributed by atoms with Gasteiger partial charge in [-0.1, -0.05) is 18.2 Å². The highest BCUT2D eigenvalue weighted by molar-refractivity contribution is 14.1. The maximum atomic E-state index is 11.5. The third-order valence-electron chi connectivity index (χ3n) is 2.31. The van der Waals surface area contributed by atoms with Crippen LogP contribution >= 0.6 is 34.2 Å². The molecule has 5 heteroatoms. The first-order valence-corrected chi connectivity index (χ1v) is 5.86. The Morgan fingerprint density at radius 2 is 1.87 bits per heavy atom. The quantitative estimate of drug-likeness (QED) is 0.482. The van der Waals surface area contributed by atoms with Crippen LogP contribution in [0.15, 0.2) is 24.3 Å². The molecule has 2 rings (SSSR count). The van der Waals surface area contributed by atoms with Crippen LogP contribution in [0.1, 0.15) is 11.5 Å². The van der Waals surface area contributed by atoms with Crippen LogP contribution in [-0.2, 0) is 9.59 Å². The number of carbonyl (C=O) groups is 2. The number of rotatable bonds is 1. The zero-order valence-corrected chi connectivity index (χ0v) is 10.4. The lowest BCUT2D eigenvalue weighted by atomic mass is 9.97. The van der Waals surface area contributed by atoms with Gasteiger partial charge < -0.3 is 0 Å². The van der Waals surface area contributed by atoms with Crippen LogP contribution in [0, 0.1) is 3.57 Å². The second-order valence-electron chi connectivity index (χ2n) is 3.25. The van der Waals surface area contributed by atoms with Gasteiger partial charge in [0, 0.05) is 3.57 Å². The van der Waals surface area contributed by atoms with Crippen molar-refractivity contribution in [3.05, 3.63) is 33.4 Å². The van der Waals surface area contributed by atoms with Crippen molar-refractivity contribution >= 4 is 46.0 Å². The average molecular weight is 336 g/mol. The Morgan fingerprint density at radius 1 is 1.20 bits per heavy atom. The van der Waals surface area contributed by atoms with E-state index in [1.807, 2.05) is 24.3 Å². The van der Waals surface area contributed by atoms with Gasteiger partial charge in [-0.15, -0.1) is 11.6 Å². The highest BCUT2D eigenvalue weighted by Gasteiger charge is 2.41. The molecule has 0 aliphatic carbocycles. The summed E-state index contributed by atoms with van der Waals surface area (Å²) in [5.74, 6) is -1.29. The molecule has 1 heterocycles. The van der Waals surface area contributed by atoms with Gasteiger partial charge in [-0.3, -0.25) is 14.9 Å². The summed E-state index contributed by atoms with van der Waals surface area (Å²) in [6.45, 7) is 0. The second-order valence-corrected chi connectivity index (χ2v) is 4.89. The molecule has 0 saturated carbocycles. The highest BCUT2D eigenvalue weighted by atomic mass is 127. The molecule has 0 bridgehead atoms. The van der Waals surface area contributed by atoms with E-state index in [2.05, 4.69) is 27.9 Å². The first-order chi connectivity index (χ1) is 7.11. The van der Waals surface area contributed by atoms with Crippen molar-refractivity contribution in [2.75, 3.05) is 0 Å². The molecule has 15 heavy (non-hydrogen) atoms. The van der Waals surface area contributed by atoms with E-state index >= 15 is 0 Å². The van der Waals surface area contributed by atoms with Gasteiger partial charge in [0.2, 0.25) is 11.8 Å². The smallest absolute Gasteiger partial charge is 0.245 e. The summed E-state index contributed by atoms with van der Waals surface area (Å²) in [4.78, 5) is 22.7. The van der Waals surface area contributed by atoms with E-state index in [1.54, 1.807) is 0 Å². The maximum Gasteiger partial charge on any atom is 0.245 e. The van der Waals surface area contributed by atoms with Crippen molar-refractivity contribution in [3.63, 3.8) is 0 Å². The fourth-order valence-corrected chi connectivity index (χ4v) is 2.61. The molecule has 0 spiro atoms. The average Bonchev–Trinajstić information content (AvgIpc) is 2.43. The number of halogens is 2. The Labute approximate surface area is 105 Å². The molecule has 2 amide bonds. The SMILES string of the molecule is O=C1NC(=O)C(c2ccccc2I)C1Cl. The number of imide groups is 1. The van der Waals surface area contributed by atoms with E-state index in [0.717, 1.165) is 9.13 Å². The molecule has 2 unspecified atom stereocenters. The van der Waals surface area contributed by atoms with Crippen LogP contribution in [-0.4, -0.2) is 17.2 Å². The predicted octanol–water partition coefficient (Wildman–Crippen LogP) is 1.64. The molecule has 1 fully saturated rings. The van der Waals surface area contributed by atoms with Gasteiger partial charge in [0.15, 0.2) is 0 Å². The fourth-order valence-electron chi connectivity index (χ4n) is 1.58. The van der Waals surface area contributed by atoms with Crippen LogP contribution in [0.2, 0.25) is 0 Å². The van der Waals surface area contributed by atoms with Crippen LogP contribution in [0.5, 0.6) is 0 Å². The maximum absolute atomic E-state index is 11.5. The number of benzene rings is 1. The zero-order valence-electron chi connectivity index (χ0n) is 7.54. The van der Waals surface area contributed by atoms with Gasteiger partial charge in [0.25, 0.3) is 0 Å². The lowest BCUT2D eigenvalue weighted by Crippen LogP contribution is -2.22. The molecule has 1 aliphatic heterocycles. The van der Waals surface area contributed by atoms with E-state index in [1.165, 1.54) is 0 Å². The lowest BCUT2D eigenvalue weighted by molar-refractivity contribution is -0.125. The van der Waals surface area contributed by atoms with Crippen LogP contribution < -0.4 is 5.32 Å². The molecule has 78 valence electrons. The summed E-state index contributed by atoms with van der Waals surface area (Å²) in [5.41, 5.74) is 0.807. The molecule has 0 aromatic heterocycles. The number of hydrogen-bond acceptors (Lipinski definition) is 2. The summed E-state index contributed by atoms with van der Waals surface area (Å²) in [5, 5.41) is 1.43. The normalized spacial score (nSPS) is 25.5. The van der Waals surface area contributed by atoms with Gasteiger partial charge in [0.05, 0.1) is 5.92 Å². The zero-order chi connectivity index (χ0) is 11.0. The van der Waals surface area contributed by atoms with Crippen molar-refractivity contribution in [1.82, 2.24) is 5.32 Å². The van der Waals surface area contributed by atoms with E-state index in [-0.39, 0.29) is 5.91 Å². The number of amides is 2. The number of carbonyl (C=O) groups excluding carboxylic acids is 2. The minimum absolute atomic E-state index is 0.316. The minimum Gasteiger partial charge on any atom is -0.295 e. The standard InChI is InChI=1S/C10H7ClINO2/c11-8-7(9(14)13-10(8)15)5-3-1-2-4-6(5)12/h1-4,7-8H,(H,13,14,15). The van der Waals surface area contributed by atoms with Crippen molar-refractivity contribution < 1.29 is 9.59 Å². The van der Waals surface area contributed by atoms with E-state index in [4.69, 9.17) is 11.6 Å². The molecular formula is C10H7ClINO2. The summed E-state index contributed by atoms with van der Waals surface area (Å²) < 4.78 is 0.940. The Balaban J connectivity index is 2.43.